The molecule has 1 atom stereocenters. The molecule has 3 nitrogen and oxygen atoms in total. The fourth-order valence-corrected chi connectivity index (χ4v) is 4.34. The second-order valence-corrected chi connectivity index (χ2v) is 7.49. The Morgan fingerprint density at radius 3 is 2.52 bits per heavy atom. The maximum Gasteiger partial charge on any atom is 0.135 e. The van der Waals surface area contributed by atoms with Gasteiger partial charge in [0, 0.05) is 35.2 Å². The van der Waals surface area contributed by atoms with E-state index in [4.69, 9.17) is 4.74 Å². The lowest BCUT2D eigenvalue weighted by Crippen LogP contribution is -2.63. The molecule has 1 aromatic rings. The quantitative estimate of drug-likeness (QED) is 0.772. The topological polar surface area (TPSA) is 24.5 Å². The molecule has 0 spiro atoms. The van der Waals surface area contributed by atoms with Gasteiger partial charge in [0.15, 0.2) is 0 Å². The van der Waals surface area contributed by atoms with Crippen LogP contribution in [0.5, 0.6) is 5.75 Å². The molecule has 1 unspecified atom stereocenters. The van der Waals surface area contributed by atoms with Crippen LogP contribution in [-0.4, -0.2) is 31.8 Å². The lowest BCUT2D eigenvalue weighted by molar-refractivity contribution is 0.253. The summed E-state index contributed by atoms with van der Waals surface area (Å²) < 4.78 is 7.54. The predicted molar refractivity (Wildman–Crippen MR) is 96.5 cm³/mol. The van der Waals surface area contributed by atoms with Crippen molar-refractivity contribution >= 4 is 37.5 Å². The maximum absolute atomic E-state index is 5.46. The highest BCUT2D eigenvalue weighted by atomic mass is 79.9. The number of halogens is 2. The molecular weight excluding hydrogens is 396 g/mol. The van der Waals surface area contributed by atoms with E-state index in [2.05, 4.69) is 75.0 Å². The maximum atomic E-state index is 5.46. The van der Waals surface area contributed by atoms with Crippen LogP contribution in [0, 0.1) is 0 Å². The van der Waals surface area contributed by atoms with Gasteiger partial charge in [-0.2, -0.15) is 0 Å². The van der Waals surface area contributed by atoms with Crippen LogP contribution in [0.15, 0.2) is 21.1 Å². The molecule has 1 aromatic carbocycles. The Labute approximate surface area is 144 Å². The summed E-state index contributed by atoms with van der Waals surface area (Å²) in [4.78, 5) is 2.49. The average Bonchev–Trinajstić information content (AvgIpc) is 2.49. The molecule has 1 N–H and O–H groups in total. The molecule has 1 heterocycles. The number of methoxy groups -OCH3 is 1. The second kappa shape index (κ2) is 6.88. The van der Waals surface area contributed by atoms with Crippen LogP contribution < -0.4 is 15.0 Å². The second-order valence-electron chi connectivity index (χ2n) is 5.78. The van der Waals surface area contributed by atoms with Gasteiger partial charge in [-0.15, -0.1) is 0 Å². The van der Waals surface area contributed by atoms with Gasteiger partial charge >= 0.3 is 0 Å². The smallest absolute Gasteiger partial charge is 0.135 e. The van der Waals surface area contributed by atoms with Crippen molar-refractivity contribution in [1.29, 1.82) is 0 Å². The molecule has 0 amide bonds. The van der Waals surface area contributed by atoms with Gasteiger partial charge in [0.25, 0.3) is 0 Å². The minimum atomic E-state index is 0.201. The average molecular weight is 420 g/mol. The third-order valence-corrected chi connectivity index (χ3v) is 5.92. The Hall–Kier alpha value is -0.260. The van der Waals surface area contributed by atoms with E-state index in [1.54, 1.807) is 7.11 Å². The Balaban J connectivity index is 2.39. The monoisotopic (exact) mass is 418 g/mol. The van der Waals surface area contributed by atoms with E-state index in [1.165, 1.54) is 5.69 Å². The van der Waals surface area contributed by atoms with E-state index in [1.807, 2.05) is 0 Å². The van der Waals surface area contributed by atoms with Gasteiger partial charge < -0.3 is 15.0 Å². The highest BCUT2D eigenvalue weighted by Gasteiger charge is 2.36. The van der Waals surface area contributed by atoms with Crippen LogP contribution in [0.3, 0.4) is 0 Å². The van der Waals surface area contributed by atoms with Crippen LogP contribution >= 0.6 is 31.9 Å². The number of nitrogens with zero attached hydrogens (tertiary/aromatic N) is 1. The van der Waals surface area contributed by atoms with E-state index in [0.29, 0.717) is 6.04 Å². The summed E-state index contributed by atoms with van der Waals surface area (Å²) in [6.07, 6.45) is 2.27. The Kier molecular flexibility index (Phi) is 5.60. The first kappa shape index (κ1) is 17.1. The van der Waals surface area contributed by atoms with E-state index in [0.717, 1.165) is 40.6 Å². The molecule has 1 aliphatic heterocycles. The minimum Gasteiger partial charge on any atom is -0.495 e. The highest BCUT2D eigenvalue weighted by molar-refractivity contribution is 9.11. The molecule has 2 rings (SSSR count). The van der Waals surface area contributed by atoms with Gasteiger partial charge in [0.05, 0.1) is 17.3 Å². The van der Waals surface area contributed by atoms with Gasteiger partial charge in [-0.05, 0) is 57.7 Å². The lowest BCUT2D eigenvalue weighted by Gasteiger charge is -2.48. The normalized spacial score (nSPS) is 21.4. The van der Waals surface area contributed by atoms with Crippen molar-refractivity contribution in [3.8, 4) is 5.75 Å². The standard InChI is InChI=1S/C16H24Br2N2O/c1-5-16(6-2)10-20(11(3)9-19-16)14-8-15(21-4)13(18)7-12(14)17/h7-8,11,19H,5-6,9-10H2,1-4H3. The summed E-state index contributed by atoms with van der Waals surface area (Å²) in [5, 5.41) is 3.74. The highest BCUT2D eigenvalue weighted by Crippen LogP contribution is 2.39. The molecule has 1 aliphatic rings. The minimum absolute atomic E-state index is 0.201. The van der Waals surface area contributed by atoms with Crippen molar-refractivity contribution in [2.24, 2.45) is 0 Å². The zero-order valence-electron chi connectivity index (χ0n) is 13.2. The summed E-state index contributed by atoms with van der Waals surface area (Å²) in [6, 6.07) is 4.65. The molecule has 0 aromatic heterocycles. The summed E-state index contributed by atoms with van der Waals surface area (Å²) in [5.74, 6) is 0.873. The first-order chi connectivity index (χ1) is 9.96. The number of hydrogen-bond acceptors (Lipinski definition) is 3. The number of ether oxygens (including phenoxy) is 1. The lowest BCUT2D eigenvalue weighted by atomic mass is 9.88. The van der Waals surface area contributed by atoms with Crippen LogP contribution in [-0.2, 0) is 0 Å². The van der Waals surface area contributed by atoms with Crippen LogP contribution in [0.25, 0.3) is 0 Å². The SMILES string of the molecule is CCC1(CC)CN(c2cc(OC)c(Br)cc2Br)C(C)CN1. The molecule has 0 radical (unpaired) electrons. The van der Waals surface area contributed by atoms with Crippen LogP contribution in [0.1, 0.15) is 33.6 Å². The number of nitrogens with one attached hydrogen (secondary N) is 1. The molecule has 118 valence electrons. The molecule has 0 saturated carbocycles. The first-order valence-electron chi connectivity index (χ1n) is 7.51. The Morgan fingerprint density at radius 2 is 1.95 bits per heavy atom. The largest absolute Gasteiger partial charge is 0.495 e. The van der Waals surface area contributed by atoms with Crippen molar-refractivity contribution in [2.75, 3.05) is 25.1 Å². The molecule has 21 heavy (non-hydrogen) atoms. The Morgan fingerprint density at radius 1 is 1.29 bits per heavy atom. The molecule has 1 fully saturated rings. The fourth-order valence-electron chi connectivity index (χ4n) is 2.95. The molecule has 0 bridgehead atoms. The van der Waals surface area contributed by atoms with E-state index >= 15 is 0 Å². The van der Waals surface area contributed by atoms with Gasteiger partial charge in [0.2, 0.25) is 0 Å². The summed E-state index contributed by atoms with van der Waals surface area (Å²) >= 11 is 7.25. The number of piperazine rings is 1. The van der Waals surface area contributed by atoms with E-state index in [9.17, 15) is 0 Å². The van der Waals surface area contributed by atoms with Crippen molar-refractivity contribution in [2.45, 2.75) is 45.2 Å². The Bertz CT molecular complexity index is 503. The number of benzene rings is 1. The van der Waals surface area contributed by atoms with Gasteiger partial charge in [0.1, 0.15) is 5.75 Å². The summed E-state index contributed by atoms with van der Waals surface area (Å²) in [7, 11) is 1.71. The summed E-state index contributed by atoms with van der Waals surface area (Å²) in [6.45, 7) is 8.82. The predicted octanol–water partition coefficient (Wildman–Crippen LogP) is 4.58. The first-order valence-corrected chi connectivity index (χ1v) is 9.09. The van der Waals surface area contributed by atoms with Crippen molar-refractivity contribution in [3.63, 3.8) is 0 Å². The zero-order valence-corrected chi connectivity index (χ0v) is 16.3. The number of rotatable bonds is 4. The molecule has 5 heteroatoms. The third kappa shape index (κ3) is 3.40. The van der Waals surface area contributed by atoms with Gasteiger partial charge in [-0.3, -0.25) is 0 Å². The van der Waals surface area contributed by atoms with Gasteiger partial charge in [-0.1, -0.05) is 13.8 Å². The van der Waals surface area contributed by atoms with Crippen molar-refractivity contribution < 1.29 is 4.74 Å². The van der Waals surface area contributed by atoms with Crippen molar-refractivity contribution in [1.82, 2.24) is 5.32 Å². The van der Waals surface area contributed by atoms with E-state index in [-0.39, 0.29) is 5.54 Å². The van der Waals surface area contributed by atoms with E-state index < -0.39 is 0 Å². The number of anilines is 1. The van der Waals surface area contributed by atoms with Crippen LogP contribution in [0.4, 0.5) is 5.69 Å². The molecular formula is C16H24Br2N2O. The molecule has 0 aliphatic carbocycles. The van der Waals surface area contributed by atoms with Gasteiger partial charge in [-0.25, -0.2) is 0 Å². The van der Waals surface area contributed by atoms with Crippen molar-refractivity contribution in [3.05, 3.63) is 21.1 Å². The molecule has 1 saturated heterocycles. The zero-order chi connectivity index (χ0) is 15.6. The third-order valence-electron chi connectivity index (χ3n) is 4.66. The van der Waals surface area contributed by atoms with Crippen LogP contribution in [0.2, 0.25) is 0 Å². The number of hydrogen-bond donors (Lipinski definition) is 1. The summed E-state index contributed by atoms with van der Waals surface area (Å²) in [5.41, 5.74) is 1.40. The fraction of sp³-hybridized carbons (Fsp3) is 0.625.